The zero-order valence-electron chi connectivity index (χ0n) is 7.00. The number of ether oxygens (including phenoxy) is 1. The Morgan fingerprint density at radius 2 is 2.38 bits per heavy atom. The van der Waals surface area contributed by atoms with Crippen molar-refractivity contribution in [3.05, 3.63) is 26.9 Å². The molecular weight excluding hydrogens is 188 g/mol. The molecule has 0 bridgehead atoms. The van der Waals surface area contributed by atoms with E-state index >= 15 is 0 Å². The Morgan fingerprint density at radius 3 is 3.00 bits per heavy atom. The van der Waals surface area contributed by atoms with E-state index in [4.69, 9.17) is 17.0 Å². The lowest BCUT2D eigenvalue weighted by Gasteiger charge is -2.07. The first kappa shape index (κ1) is 8.65. The number of nitrogens with one attached hydrogen (secondary N) is 2. The summed E-state index contributed by atoms with van der Waals surface area (Å²) in [4.78, 5) is 16.5. The molecule has 1 aromatic rings. The number of hydrogen-bond donors (Lipinski definition) is 2. The van der Waals surface area contributed by atoms with E-state index in [-0.39, 0.29) is 11.7 Å². The molecule has 1 aliphatic rings. The molecule has 4 nitrogen and oxygen atoms in total. The van der Waals surface area contributed by atoms with Gasteiger partial charge in [0.15, 0.2) is 4.77 Å². The van der Waals surface area contributed by atoms with Crippen LogP contribution in [0.5, 0.6) is 0 Å². The second-order valence-corrected chi connectivity index (χ2v) is 3.45. The highest BCUT2D eigenvalue weighted by atomic mass is 32.1. The highest BCUT2D eigenvalue weighted by molar-refractivity contribution is 7.71. The van der Waals surface area contributed by atoms with Crippen molar-refractivity contribution < 1.29 is 4.74 Å². The first-order valence-corrected chi connectivity index (χ1v) is 4.62. The molecule has 70 valence electrons. The van der Waals surface area contributed by atoms with Gasteiger partial charge in [0.05, 0.1) is 11.8 Å². The first-order valence-electron chi connectivity index (χ1n) is 4.21. The molecule has 5 heteroatoms. The van der Waals surface area contributed by atoms with Gasteiger partial charge in [0.25, 0.3) is 5.56 Å². The van der Waals surface area contributed by atoms with Crippen molar-refractivity contribution >= 4 is 12.2 Å². The summed E-state index contributed by atoms with van der Waals surface area (Å²) in [6.07, 6.45) is 2.01. The topological polar surface area (TPSA) is 57.9 Å². The Labute approximate surface area is 80.0 Å². The molecule has 1 atom stereocenters. The van der Waals surface area contributed by atoms with Crippen molar-refractivity contribution in [2.45, 2.75) is 18.9 Å². The molecular formula is C8H10N2O2S. The Balaban J connectivity index is 2.39. The van der Waals surface area contributed by atoms with Gasteiger partial charge in [-0.1, -0.05) is 0 Å². The van der Waals surface area contributed by atoms with E-state index in [0.29, 0.717) is 4.77 Å². The normalized spacial score (nSPS) is 22.0. The average molecular weight is 198 g/mol. The first-order chi connectivity index (χ1) is 6.25. The van der Waals surface area contributed by atoms with Gasteiger partial charge < -0.3 is 9.72 Å². The summed E-state index contributed by atoms with van der Waals surface area (Å²) >= 11 is 4.86. The van der Waals surface area contributed by atoms with E-state index in [9.17, 15) is 4.79 Å². The maximum Gasteiger partial charge on any atom is 0.251 e. The van der Waals surface area contributed by atoms with E-state index in [1.165, 1.54) is 6.07 Å². The van der Waals surface area contributed by atoms with Crippen LogP contribution in [-0.4, -0.2) is 16.6 Å². The molecule has 0 aromatic carbocycles. The van der Waals surface area contributed by atoms with Crippen molar-refractivity contribution in [3.63, 3.8) is 0 Å². The largest absolute Gasteiger partial charge is 0.372 e. The fourth-order valence-electron chi connectivity index (χ4n) is 1.48. The third-order valence-corrected chi connectivity index (χ3v) is 2.26. The van der Waals surface area contributed by atoms with Crippen LogP contribution in [0.3, 0.4) is 0 Å². The molecule has 13 heavy (non-hydrogen) atoms. The predicted octanol–water partition coefficient (Wildman–Crippen LogP) is 1.28. The van der Waals surface area contributed by atoms with Crippen LogP contribution >= 0.6 is 12.2 Å². The highest BCUT2D eigenvalue weighted by Crippen LogP contribution is 2.25. The van der Waals surface area contributed by atoms with E-state index in [2.05, 4.69) is 9.97 Å². The van der Waals surface area contributed by atoms with Crippen LogP contribution in [0.15, 0.2) is 10.9 Å². The summed E-state index contributed by atoms with van der Waals surface area (Å²) in [6, 6.07) is 1.51. The van der Waals surface area contributed by atoms with Gasteiger partial charge in [-0.15, -0.1) is 0 Å². The van der Waals surface area contributed by atoms with E-state index < -0.39 is 0 Å². The fraction of sp³-hybridized carbons (Fsp3) is 0.500. The maximum atomic E-state index is 11.1. The lowest BCUT2D eigenvalue weighted by Crippen LogP contribution is -2.11. The van der Waals surface area contributed by atoms with E-state index in [0.717, 1.165) is 25.1 Å². The highest BCUT2D eigenvalue weighted by Gasteiger charge is 2.18. The third-order valence-electron chi connectivity index (χ3n) is 2.06. The number of aromatic nitrogens is 2. The van der Waals surface area contributed by atoms with Crippen LogP contribution in [0.2, 0.25) is 0 Å². The summed E-state index contributed by atoms with van der Waals surface area (Å²) in [5.74, 6) is 0. The molecule has 0 spiro atoms. The van der Waals surface area contributed by atoms with Crippen molar-refractivity contribution in [3.8, 4) is 0 Å². The minimum atomic E-state index is -0.172. The quantitative estimate of drug-likeness (QED) is 0.668. The lowest BCUT2D eigenvalue weighted by molar-refractivity contribution is 0.108. The number of aromatic amines is 2. The summed E-state index contributed by atoms with van der Waals surface area (Å²) in [7, 11) is 0. The van der Waals surface area contributed by atoms with Crippen LogP contribution in [0, 0.1) is 4.77 Å². The van der Waals surface area contributed by atoms with E-state index in [1.54, 1.807) is 0 Å². The molecule has 1 fully saturated rings. The van der Waals surface area contributed by atoms with E-state index in [1.807, 2.05) is 0 Å². The van der Waals surface area contributed by atoms with Crippen LogP contribution in [0.25, 0.3) is 0 Å². The standard InChI is InChI=1S/C8H10N2O2S/c11-7-4-5(9-8(13)10-7)6-2-1-3-12-6/h4,6H,1-3H2,(H2,9,10,11,13)/t6-/m1/s1. The minimum Gasteiger partial charge on any atom is -0.372 e. The number of hydrogen-bond acceptors (Lipinski definition) is 3. The van der Waals surface area contributed by atoms with Crippen molar-refractivity contribution in [1.82, 2.24) is 9.97 Å². The average Bonchev–Trinajstić information content (AvgIpc) is 2.53. The Morgan fingerprint density at radius 1 is 1.54 bits per heavy atom. The molecule has 1 saturated heterocycles. The molecule has 0 amide bonds. The van der Waals surface area contributed by atoms with Crippen LogP contribution < -0.4 is 5.56 Å². The Hall–Kier alpha value is -0.940. The van der Waals surface area contributed by atoms with Crippen LogP contribution in [0.1, 0.15) is 24.6 Å². The molecule has 2 N–H and O–H groups in total. The second-order valence-electron chi connectivity index (χ2n) is 3.04. The molecule has 0 saturated carbocycles. The lowest BCUT2D eigenvalue weighted by atomic mass is 10.2. The van der Waals surface area contributed by atoms with Gasteiger partial charge in [-0.2, -0.15) is 0 Å². The van der Waals surface area contributed by atoms with Crippen molar-refractivity contribution in [2.24, 2.45) is 0 Å². The van der Waals surface area contributed by atoms with Crippen LogP contribution in [-0.2, 0) is 4.74 Å². The van der Waals surface area contributed by atoms with Gasteiger partial charge in [-0.05, 0) is 25.1 Å². The van der Waals surface area contributed by atoms with Gasteiger partial charge in [-0.3, -0.25) is 9.78 Å². The zero-order chi connectivity index (χ0) is 9.26. The van der Waals surface area contributed by atoms with Gasteiger partial charge >= 0.3 is 0 Å². The molecule has 1 aromatic heterocycles. The number of rotatable bonds is 1. The Kier molecular flexibility index (Phi) is 2.28. The predicted molar refractivity (Wildman–Crippen MR) is 50.2 cm³/mol. The molecule has 0 radical (unpaired) electrons. The third kappa shape index (κ3) is 1.87. The van der Waals surface area contributed by atoms with Crippen LogP contribution in [0.4, 0.5) is 0 Å². The molecule has 1 aliphatic heterocycles. The number of H-pyrrole nitrogens is 2. The smallest absolute Gasteiger partial charge is 0.251 e. The molecule has 0 aliphatic carbocycles. The fourth-order valence-corrected chi connectivity index (χ4v) is 1.70. The molecule has 2 rings (SSSR count). The maximum absolute atomic E-state index is 11.1. The van der Waals surface area contributed by atoms with Gasteiger partial charge in [0.2, 0.25) is 0 Å². The monoisotopic (exact) mass is 198 g/mol. The SMILES string of the molecule is O=c1cc([C@H]2CCCO2)[nH]c(=S)[nH]1. The van der Waals surface area contributed by atoms with Gasteiger partial charge in [0.1, 0.15) is 0 Å². The van der Waals surface area contributed by atoms with Gasteiger partial charge in [0, 0.05) is 12.7 Å². The summed E-state index contributed by atoms with van der Waals surface area (Å²) in [5, 5.41) is 0. The molecule has 2 heterocycles. The Bertz CT molecular complexity index is 375. The zero-order valence-corrected chi connectivity index (χ0v) is 7.82. The minimum absolute atomic E-state index is 0.0176. The van der Waals surface area contributed by atoms with Crippen molar-refractivity contribution in [2.75, 3.05) is 6.61 Å². The second kappa shape index (κ2) is 3.43. The summed E-state index contributed by atoms with van der Waals surface area (Å²) < 4.78 is 5.78. The summed E-state index contributed by atoms with van der Waals surface area (Å²) in [6.45, 7) is 0.762. The van der Waals surface area contributed by atoms with Crippen molar-refractivity contribution in [1.29, 1.82) is 0 Å². The van der Waals surface area contributed by atoms with Gasteiger partial charge in [-0.25, -0.2) is 0 Å². The molecule has 0 unspecified atom stereocenters. The summed E-state index contributed by atoms with van der Waals surface area (Å²) in [5.41, 5.74) is 0.612.